The zero-order valence-electron chi connectivity index (χ0n) is 12.2. The van der Waals surface area contributed by atoms with Crippen molar-refractivity contribution in [3.63, 3.8) is 0 Å². The highest BCUT2D eigenvalue weighted by molar-refractivity contribution is 5.77. The maximum atomic E-state index is 10.4. The minimum absolute atomic E-state index is 0.475. The summed E-state index contributed by atoms with van der Waals surface area (Å²) in [4.78, 5) is 4.41. The molecule has 0 saturated carbocycles. The average molecular weight is 281 g/mol. The first-order chi connectivity index (χ1) is 10.0. The molecule has 0 aliphatic carbocycles. The van der Waals surface area contributed by atoms with Gasteiger partial charge in [0.25, 0.3) is 0 Å². The minimum Gasteiger partial charge on any atom is -0.399 e. The lowest BCUT2D eigenvalue weighted by Crippen LogP contribution is -2.08. The van der Waals surface area contributed by atoms with Crippen molar-refractivity contribution < 1.29 is 5.11 Å². The van der Waals surface area contributed by atoms with Gasteiger partial charge in [-0.25, -0.2) is 4.98 Å². The highest BCUT2D eigenvalue weighted by Gasteiger charge is 2.11. The standard InChI is InChI=1S/C17H19N3O/c1-11-7-15-16(8-12(11)2)20(10-19-15)9-17(21)13-3-5-14(18)6-4-13/h3-8,10,17,21H,9,18H2,1-2H3. The molecule has 0 bridgehead atoms. The molecule has 4 heteroatoms. The molecule has 0 spiro atoms. The lowest BCUT2D eigenvalue weighted by molar-refractivity contribution is 0.158. The van der Waals surface area contributed by atoms with Gasteiger partial charge in [0.15, 0.2) is 0 Å². The fraction of sp³-hybridized carbons (Fsp3) is 0.235. The number of aromatic nitrogens is 2. The summed E-state index contributed by atoms with van der Waals surface area (Å²) < 4.78 is 1.99. The third kappa shape index (κ3) is 2.62. The average Bonchev–Trinajstić information content (AvgIpc) is 2.82. The number of fused-ring (bicyclic) bond motifs is 1. The van der Waals surface area contributed by atoms with Gasteiger partial charge in [0.05, 0.1) is 30.0 Å². The number of rotatable bonds is 3. The van der Waals surface area contributed by atoms with Crippen LogP contribution in [0.25, 0.3) is 11.0 Å². The summed E-state index contributed by atoms with van der Waals surface area (Å²) in [5.41, 5.74) is 11.7. The Morgan fingerprint density at radius 3 is 2.52 bits per heavy atom. The Bertz CT molecular complexity index is 775. The van der Waals surface area contributed by atoms with Gasteiger partial charge in [0, 0.05) is 5.69 Å². The summed E-state index contributed by atoms with van der Waals surface area (Å²) >= 11 is 0. The van der Waals surface area contributed by atoms with E-state index in [0.29, 0.717) is 12.2 Å². The molecule has 2 aromatic carbocycles. The molecule has 3 N–H and O–H groups in total. The summed E-state index contributed by atoms with van der Waals surface area (Å²) in [6.07, 6.45) is 1.20. The Labute approximate surface area is 123 Å². The van der Waals surface area contributed by atoms with E-state index in [-0.39, 0.29) is 0 Å². The predicted molar refractivity (Wildman–Crippen MR) is 85.0 cm³/mol. The molecule has 0 amide bonds. The largest absolute Gasteiger partial charge is 0.399 e. The number of nitrogens with two attached hydrogens (primary N) is 1. The number of nitrogen functional groups attached to an aromatic ring is 1. The van der Waals surface area contributed by atoms with Crippen molar-refractivity contribution in [3.05, 3.63) is 59.4 Å². The number of hydrogen-bond donors (Lipinski definition) is 2. The molecule has 1 unspecified atom stereocenters. The number of aryl methyl sites for hydroxylation is 2. The normalized spacial score (nSPS) is 12.7. The lowest BCUT2D eigenvalue weighted by atomic mass is 10.1. The molecule has 3 rings (SSSR count). The van der Waals surface area contributed by atoms with Crippen molar-refractivity contribution in [1.29, 1.82) is 0 Å². The van der Waals surface area contributed by atoms with Gasteiger partial charge in [-0.1, -0.05) is 12.1 Å². The van der Waals surface area contributed by atoms with Crippen molar-refractivity contribution in [2.24, 2.45) is 0 Å². The van der Waals surface area contributed by atoms with Crippen LogP contribution in [0.5, 0.6) is 0 Å². The van der Waals surface area contributed by atoms with Gasteiger partial charge in [-0.05, 0) is 54.8 Å². The Morgan fingerprint density at radius 1 is 1.14 bits per heavy atom. The van der Waals surface area contributed by atoms with E-state index in [0.717, 1.165) is 16.6 Å². The third-order valence-electron chi connectivity index (χ3n) is 3.93. The second kappa shape index (κ2) is 5.22. The Balaban J connectivity index is 1.91. The first kappa shape index (κ1) is 13.6. The summed E-state index contributed by atoms with van der Waals surface area (Å²) in [5.74, 6) is 0. The van der Waals surface area contributed by atoms with Crippen molar-refractivity contribution in [1.82, 2.24) is 9.55 Å². The number of aliphatic hydroxyl groups is 1. The van der Waals surface area contributed by atoms with Gasteiger partial charge in [-0.3, -0.25) is 0 Å². The van der Waals surface area contributed by atoms with E-state index in [2.05, 4.69) is 31.0 Å². The van der Waals surface area contributed by atoms with Crippen molar-refractivity contribution >= 4 is 16.7 Å². The fourth-order valence-corrected chi connectivity index (χ4v) is 2.47. The topological polar surface area (TPSA) is 64.1 Å². The van der Waals surface area contributed by atoms with Crippen LogP contribution in [0, 0.1) is 13.8 Å². The van der Waals surface area contributed by atoms with Gasteiger partial charge < -0.3 is 15.4 Å². The molecule has 0 aliphatic rings. The summed E-state index contributed by atoms with van der Waals surface area (Å²) in [6.45, 7) is 4.64. The smallest absolute Gasteiger partial charge is 0.0969 e. The van der Waals surface area contributed by atoms with Crippen molar-refractivity contribution in [3.8, 4) is 0 Å². The van der Waals surface area contributed by atoms with Gasteiger partial charge in [-0.2, -0.15) is 0 Å². The Morgan fingerprint density at radius 2 is 1.81 bits per heavy atom. The van der Waals surface area contributed by atoms with Gasteiger partial charge >= 0.3 is 0 Å². The molecule has 21 heavy (non-hydrogen) atoms. The van der Waals surface area contributed by atoms with E-state index in [1.54, 1.807) is 18.5 Å². The number of aliphatic hydroxyl groups excluding tert-OH is 1. The van der Waals surface area contributed by atoms with Crippen LogP contribution in [-0.2, 0) is 6.54 Å². The number of nitrogens with zero attached hydrogens (tertiary/aromatic N) is 2. The van der Waals surface area contributed by atoms with Crippen LogP contribution in [0.3, 0.4) is 0 Å². The first-order valence-corrected chi connectivity index (χ1v) is 7.00. The van der Waals surface area contributed by atoms with E-state index >= 15 is 0 Å². The molecule has 108 valence electrons. The Hall–Kier alpha value is -2.33. The first-order valence-electron chi connectivity index (χ1n) is 7.00. The summed E-state index contributed by atoms with van der Waals surface area (Å²) in [6, 6.07) is 11.5. The fourth-order valence-electron chi connectivity index (χ4n) is 2.47. The van der Waals surface area contributed by atoms with Crippen LogP contribution >= 0.6 is 0 Å². The zero-order valence-corrected chi connectivity index (χ0v) is 12.2. The Kier molecular flexibility index (Phi) is 3.39. The molecule has 0 aliphatic heterocycles. The highest BCUT2D eigenvalue weighted by Crippen LogP contribution is 2.22. The number of benzene rings is 2. The number of anilines is 1. The van der Waals surface area contributed by atoms with Crippen LogP contribution in [-0.4, -0.2) is 14.7 Å². The van der Waals surface area contributed by atoms with E-state index < -0.39 is 6.10 Å². The van der Waals surface area contributed by atoms with Gasteiger partial charge in [-0.15, -0.1) is 0 Å². The van der Waals surface area contributed by atoms with Gasteiger partial charge in [0.2, 0.25) is 0 Å². The molecule has 0 saturated heterocycles. The minimum atomic E-state index is -0.579. The highest BCUT2D eigenvalue weighted by atomic mass is 16.3. The molecule has 3 aromatic rings. The predicted octanol–water partition coefficient (Wildman–Crippen LogP) is 2.97. The molecule has 1 aromatic heterocycles. The molecule has 0 radical (unpaired) electrons. The molecule has 0 fully saturated rings. The lowest BCUT2D eigenvalue weighted by Gasteiger charge is -2.13. The quantitative estimate of drug-likeness (QED) is 0.725. The van der Waals surface area contributed by atoms with Gasteiger partial charge in [0.1, 0.15) is 0 Å². The second-order valence-corrected chi connectivity index (χ2v) is 5.50. The van der Waals surface area contributed by atoms with Crippen molar-refractivity contribution in [2.75, 3.05) is 5.73 Å². The van der Waals surface area contributed by atoms with Crippen LogP contribution in [0.4, 0.5) is 5.69 Å². The number of imidazole rings is 1. The van der Waals surface area contributed by atoms with E-state index in [1.807, 2.05) is 16.7 Å². The second-order valence-electron chi connectivity index (χ2n) is 5.50. The summed E-state index contributed by atoms with van der Waals surface area (Å²) in [7, 11) is 0. The number of hydrogen-bond acceptors (Lipinski definition) is 3. The molecule has 1 atom stereocenters. The van der Waals surface area contributed by atoms with E-state index in [9.17, 15) is 5.11 Å². The molecular formula is C17H19N3O. The van der Waals surface area contributed by atoms with E-state index in [4.69, 9.17) is 5.73 Å². The molecule has 4 nitrogen and oxygen atoms in total. The van der Waals surface area contributed by atoms with Crippen LogP contribution in [0.1, 0.15) is 22.8 Å². The molecular weight excluding hydrogens is 262 g/mol. The molecule has 1 heterocycles. The van der Waals surface area contributed by atoms with Crippen molar-refractivity contribution in [2.45, 2.75) is 26.5 Å². The maximum Gasteiger partial charge on any atom is 0.0969 e. The van der Waals surface area contributed by atoms with Crippen LogP contribution in [0.2, 0.25) is 0 Å². The SMILES string of the molecule is Cc1cc2ncn(CC(O)c3ccc(N)cc3)c2cc1C. The van der Waals surface area contributed by atoms with Crippen LogP contribution in [0.15, 0.2) is 42.7 Å². The van der Waals surface area contributed by atoms with E-state index in [1.165, 1.54) is 11.1 Å². The maximum absolute atomic E-state index is 10.4. The van der Waals surface area contributed by atoms with Crippen LogP contribution < -0.4 is 5.73 Å². The monoisotopic (exact) mass is 281 g/mol. The zero-order chi connectivity index (χ0) is 15.0. The third-order valence-corrected chi connectivity index (χ3v) is 3.93. The summed E-state index contributed by atoms with van der Waals surface area (Å²) in [5, 5.41) is 10.4.